The van der Waals surface area contributed by atoms with E-state index >= 15 is 0 Å². The second-order valence-electron chi connectivity index (χ2n) is 9.18. The maximum atomic E-state index is 14.1. The number of fused-ring (bicyclic) bond motifs is 1. The van der Waals surface area contributed by atoms with Gasteiger partial charge in [0, 0.05) is 0 Å². The van der Waals surface area contributed by atoms with Gasteiger partial charge in [-0.1, -0.05) is 24.3 Å². The van der Waals surface area contributed by atoms with Crippen LogP contribution in [0.15, 0.2) is 77.6 Å². The third kappa shape index (κ3) is 6.26. The molecule has 0 aliphatic carbocycles. The minimum Gasteiger partial charge on any atom is -0.496 e. The smallest absolute Gasteiger partial charge is 0.262 e. The Morgan fingerprint density at radius 3 is 2.24 bits per heavy atom. The number of aromatic nitrogens is 2. The summed E-state index contributed by atoms with van der Waals surface area (Å²) in [6.45, 7) is 3.74. The molecule has 0 fully saturated rings. The highest BCUT2D eigenvalue weighted by Gasteiger charge is 2.19. The first-order chi connectivity index (χ1) is 20.2. The molecule has 5 rings (SSSR count). The number of methoxy groups -OCH3 is 2. The van der Waals surface area contributed by atoms with Crippen LogP contribution in [0.3, 0.4) is 0 Å². The number of amides is 1. The van der Waals surface area contributed by atoms with Gasteiger partial charge in [-0.3, -0.25) is 9.59 Å². The van der Waals surface area contributed by atoms with Gasteiger partial charge in [-0.2, -0.15) is 5.26 Å². The zero-order valence-electron chi connectivity index (χ0n) is 23.2. The van der Waals surface area contributed by atoms with E-state index in [0.29, 0.717) is 27.9 Å². The molecule has 0 spiro atoms. The fraction of sp³-hybridized carbons (Fsp3) is 0.125. The molecule has 0 aliphatic rings. The Bertz CT molecular complexity index is 1900. The predicted molar refractivity (Wildman–Crippen MR) is 156 cm³/mol. The quantitative estimate of drug-likeness (QED) is 0.257. The van der Waals surface area contributed by atoms with Gasteiger partial charge in [0.15, 0.2) is 0 Å². The number of H-pyrrole nitrogens is 1. The lowest BCUT2D eigenvalue weighted by Gasteiger charge is -2.11. The minimum atomic E-state index is -0.682. The van der Waals surface area contributed by atoms with Crippen LogP contribution in [0.4, 0.5) is 14.5 Å². The molecule has 4 aromatic carbocycles. The first-order valence-corrected chi connectivity index (χ1v) is 12.6. The number of benzene rings is 4. The predicted octanol–water partition coefficient (Wildman–Crippen LogP) is 6.31. The van der Waals surface area contributed by atoms with Gasteiger partial charge in [0.1, 0.15) is 40.6 Å². The number of anilines is 1. The van der Waals surface area contributed by atoms with E-state index in [2.05, 4.69) is 15.3 Å². The summed E-state index contributed by atoms with van der Waals surface area (Å²) in [7, 11) is 2.81. The largest absolute Gasteiger partial charge is 0.496 e. The lowest BCUT2D eigenvalue weighted by atomic mass is 10.1. The van der Waals surface area contributed by atoms with Gasteiger partial charge >= 0.3 is 0 Å². The molecule has 42 heavy (non-hydrogen) atoms. The summed E-state index contributed by atoms with van der Waals surface area (Å²) in [5.41, 5.74) is 2.69. The van der Waals surface area contributed by atoms with Crippen LogP contribution >= 0.6 is 0 Å². The van der Waals surface area contributed by atoms with Crippen LogP contribution in [0.5, 0.6) is 11.5 Å². The number of carbonyl (C=O) groups is 1. The number of halogens is 2. The molecule has 5 aromatic rings. The average molecular weight is 569 g/mol. The van der Waals surface area contributed by atoms with Crippen molar-refractivity contribution in [3.63, 3.8) is 0 Å². The standard InChI is InChI=1S/2C16H13FN2O2/c1-9-6-7-10-12(8-9)18-15(19-16(10)20)14-11(17)4-3-5-13(14)21-2;1-10-6-7-11(9-18)13(8-10)19-16(20)15-12(17)4-3-5-14(15)21-2/h3-8H,1-2H3,(H,18,19,20);3-8H,1-2H3,(H,19,20). The number of rotatable bonds is 5. The van der Waals surface area contributed by atoms with Crippen molar-refractivity contribution in [2.75, 3.05) is 19.5 Å². The lowest BCUT2D eigenvalue weighted by Crippen LogP contribution is -2.16. The number of hydrogen-bond donors (Lipinski definition) is 2. The molecule has 10 heteroatoms. The zero-order chi connectivity index (χ0) is 30.4. The van der Waals surface area contributed by atoms with Gasteiger partial charge in [0.25, 0.3) is 11.5 Å². The second kappa shape index (κ2) is 12.7. The average Bonchev–Trinajstić information content (AvgIpc) is 2.96. The summed E-state index contributed by atoms with van der Waals surface area (Å²) >= 11 is 0. The number of aryl methyl sites for hydroxylation is 2. The summed E-state index contributed by atoms with van der Waals surface area (Å²) in [5.74, 6) is -1.22. The van der Waals surface area contributed by atoms with E-state index in [9.17, 15) is 18.4 Å². The van der Waals surface area contributed by atoms with E-state index in [1.54, 1.807) is 42.5 Å². The molecule has 0 saturated heterocycles. The van der Waals surface area contributed by atoms with Gasteiger partial charge in [-0.25, -0.2) is 13.8 Å². The summed E-state index contributed by atoms with van der Waals surface area (Å²) in [6, 6.07) is 20.9. The number of aromatic amines is 1. The minimum absolute atomic E-state index is 0.138. The molecule has 1 aromatic heterocycles. The first-order valence-electron chi connectivity index (χ1n) is 12.6. The number of nitrogens with zero attached hydrogens (tertiary/aromatic N) is 2. The molecule has 0 bridgehead atoms. The number of nitriles is 1. The van der Waals surface area contributed by atoms with Crippen LogP contribution in [0, 0.1) is 36.8 Å². The van der Waals surface area contributed by atoms with Crippen LogP contribution in [-0.2, 0) is 0 Å². The van der Waals surface area contributed by atoms with Gasteiger partial charge in [-0.15, -0.1) is 0 Å². The van der Waals surface area contributed by atoms with Crippen LogP contribution in [-0.4, -0.2) is 30.1 Å². The van der Waals surface area contributed by atoms with Crippen molar-refractivity contribution in [1.29, 1.82) is 5.26 Å². The van der Waals surface area contributed by atoms with Gasteiger partial charge in [0.2, 0.25) is 0 Å². The van der Waals surface area contributed by atoms with Gasteiger partial charge in [0.05, 0.1) is 41.9 Å². The van der Waals surface area contributed by atoms with E-state index in [1.165, 1.54) is 38.5 Å². The molecular formula is C32H26F2N4O4. The number of ether oxygens (including phenoxy) is 2. The maximum Gasteiger partial charge on any atom is 0.262 e. The first kappa shape index (κ1) is 29.4. The SMILES string of the molecule is COc1cccc(F)c1-c1nc2cc(C)ccc2c(=O)[nH]1.COc1cccc(F)c1C(=O)Nc1cc(C)ccc1C#N. The fourth-order valence-electron chi connectivity index (χ4n) is 4.21. The molecule has 0 saturated carbocycles. The maximum absolute atomic E-state index is 14.1. The summed E-state index contributed by atoms with van der Waals surface area (Å²) in [5, 5.41) is 12.1. The van der Waals surface area contributed by atoms with E-state index in [-0.39, 0.29) is 28.3 Å². The van der Waals surface area contributed by atoms with Crippen LogP contribution in [0.25, 0.3) is 22.3 Å². The number of nitrogens with one attached hydrogen (secondary N) is 2. The molecule has 1 heterocycles. The third-order valence-corrected chi connectivity index (χ3v) is 6.26. The highest BCUT2D eigenvalue weighted by atomic mass is 19.1. The highest BCUT2D eigenvalue weighted by molar-refractivity contribution is 6.07. The Morgan fingerprint density at radius 2 is 1.55 bits per heavy atom. The number of carbonyl (C=O) groups excluding carboxylic acids is 1. The van der Waals surface area contributed by atoms with Crippen LogP contribution in [0.2, 0.25) is 0 Å². The van der Waals surface area contributed by atoms with Crippen LogP contribution in [0.1, 0.15) is 27.0 Å². The van der Waals surface area contributed by atoms with Crippen molar-refractivity contribution < 1.29 is 23.0 Å². The normalized spacial score (nSPS) is 10.3. The van der Waals surface area contributed by atoms with Crippen molar-refractivity contribution in [3.05, 3.63) is 117 Å². The number of hydrogen-bond acceptors (Lipinski definition) is 6. The van der Waals surface area contributed by atoms with Crippen LogP contribution < -0.4 is 20.3 Å². The van der Waals surface area contributed by atoms with E-state index in [1.807, 2.05) is 26.0 Å². The molecule has 8 nitrogen and oxygen atoms in total. The lowest BCUT2D eigenvalue weighted by molar-refractivity contribution is 0.102. The Hall–Kier alpha value is -5.56. The molecule has 0 radical (unpaired) electrons. The Morgan fingerprint density at radius 1 is 0.905 bits per heavy atom. The summed E-state index contributed by atoms with van der Waals surface area (Å²) in [4.78, 5) is 31.4. The Labute approximate surface area is 240 Å². The fourth-order valence-corrected chi connectivity index (χ4v) is 4.21. The van der Waals surface area contributed by atoms with Gasteiger partial charge < -0.3 is 19.8 Å². The molecule has 0 atom stereocenters. The zero-order valence-corrected chi connectivity index (χ0v) is 23.2. The van der Waals surface area contributed by atoms with Crippen molar-refractivity contribution in [2.24, 2.45) is 0 Å². The second-order valence-corrected chi connectivity index (χ2v) is 9.18. The third-order valence-electron chi connectivity index (χ3n) is 6.26. The van der Waals surface area contributed by atoms with Crippen molar-refractivity contribution >= 4 is 22.5 Å². The summed E-state index contributed by atoms with van der Waals surface area (Å²) < 4.78 is 38.1. The highest BCUT2D eigenvalue weighted by Crippen LogP contribution is 2.30. The molecule has 0 unspecified atom stereocenters. The Balaban J connectivity index is 0.000000193. The van der Waals surface area contributed by atoms with E-state index in [4.69, 9.17) is 14.7 Å². The molecule has 212 valence electrons. The molecule has 1 amide bonds. The van der Waals surface area contributed by atoms with Crippen molar-refractivity contribution in [2.45, 2.75) is 13.8 Å². The molecular weight excluding hydrogens is 542 g/mol. The monoisotopic (exact) mass is 568 g/mol. The molecule has 0 aliphatic heterocycles. The van der Waals surface area contributed by atoms with Crippen molar-refractivity contribution in [3.8, 4) is 29.0 Å². The summed E-state index contributed by atoms with van der Waals surface area (Å²) in [6.07, 6.45) is 0. The molecule has 2 N–H and O–H groups in total. The van der Waals surface area contributed by atoms with E-state index in [0.717, 1.165) is 11.1 Å². The topological polar surface area (TPSA) is 117 Å². The Kier molecular flexibility index (Phi) is 8.93. The van der Waals surface area contributed by atoms with Gasteiger partial charge in [-0.05, 0) is 73.5 Å². The van der Waals surface area contributed by atoms with E-state index < -0.39 is 17.5 Å². The van der Waals surface area contributed by atoms with Crippen molar-refractivity contribution in [1.82, 2.24) is 9.97 Å².